The Morgan fingerprint density at radius 3 is 2.71 bits per heavy atom. The summed E-state index contributed by atoms with van der Waals surface area (Å²) in [6, 6.07) is 11.2. The Morgan fingerprint density at radius 2 is 2.07 bits per heavy atom. The number of hydrogen-bond donors (Lipinski definition) is 1. The number of halogens is 2. The van der Waals surface area contributed by atoms with Gasteiger partial charge < -0.3 is 9.84 Å². The van der Waals surface area contributed by atoms with Crippen LogP contribution in [0.3, 0.4) is 0 Å². The van der Waals surface area contributed by atoms with E-state index in [4.69, 9.17) is 4.74 Å². The zero-order valence-corrected chi connectivity index (χ0v) is 17.2. The molecule has 0 saturated heterocycles. The molecular formula is C19H16BrFN2O4S. The first kappa shape index (κ1) is 20.3. The number of nitrogens with zero attached hydrogens (tertiary/aromatic N) is 2. The lowest BCUT2D eigenvalue weighted by Crippen LogP contribution is -2.30. The van der Waals surface area contributed by atoms with Gasteiger partial charge in [-0.05, 0) is 30.7 Å². The fourth-order valence-electron chi connectivity index (χ4n) is 3.10. The highest BCUT2D eigenvalue weighted by molar-refractivity contribution is 9.10. The van der Waals surface area contributed by atoms with Crippen LogP contribution < -0.4 is 0 Å². The van der Waals surface area contributed by atoms with Gasteiger partial charge in [0.15, 0.2) is 0 Å². The van der Waals surface area contributed by atoms with E-state index >= 15 is 0 Å². The van der Waals surface area contributed by atoms with Crippen molar-refractivity contribution >= 4 is 26.0 Å². The molecule has 0 spiro atoms. The summed E-state index contributed by atoms with van der Waals surface area (Å²) >= 11 is 3.17. The molecule has 6 nitrogen and oxygen atoms in total. The minimum absolute atomic E-state index is 0.00886. The second-order valence-electron chi connectivity index (χ2n) is 5.99. The maximum atomic E-state index is 14.4. The van der Waals surface area contributed by atoms with Crippen molar-refractivity contribution in [2.24, 2.45) is 0 Å². The van der Waals surface area contributed by atoms with Gasteiger partial charge in [-0.15, -0.1) is 0 Å². The number of fused-ring (bicyclic) bond motifs is 1. The molecule has 2 aromatic carbocycles. The second-order valence-corrected chi connectivity index (χ2v) is 8.76. The Balaban J connectivity index is 2.18. The van der Waals surface area contributed by atoms with E-state index < -0.39 is 27.8 Å². The highest BCUT2D eigenvalue weighted by atomic mass is 79.9. The molecule has 0 saturated carbocycles. The third-order valence-electron chi connectivity index (χ3n) is 4.33. The molecule has 0 radical (unpaired) electrons. The normalized spacial score (nSPS) is 18.9. The van der Waals surface area contributed by atoms with Gasteiger partial charge in [-0.3, -0.25) is 0 Å². The standard InChI is InChI=1S/C19H16BrFN2O4S/c1-2-27-19(24)15(10-22)18-14-5-3-4-6-17(14)28(25,26)23(18)11-12-7-8-13(20)9-16(12)21/h3-9,18,24H,2,11H2,1H3/b19-15-. The summed E-state index contributed by atoms with van der Waals surface area (Å²) in [5.74, 6) is -1.24. The number of benzene rings is 2. The molecular weight excluding hydrogens is 451 g/mol. The van der Waals surface area contributed by atoms with Crippen LogP contribution in [-0.4, -0.2) is 24.4 Å². The van der Waals surface area contributed by atoms with Crippen LogP contribution in [0.2, 0.25) is 0 Å². The summed E-state index contributed by atoms with van der Waals surface area (Å²) in [7, 11) is -4.02. The molecule has 1 aliphatic rings. The van der Waals surface area contributed by atoms with E-state index in [0.717, 1.165) is 4.31 Å². The van der Waals surface area contributed by atoms with Crippen molar-refractivity contribution in [2.45, 2.75) is 24.4 Å². The number of aliphatic hydroxyl groups excluding tert-OH is 1. The van der Waals surface area contributed by atoms with Crippen molar-refractivity contribution < 1.29 is 22.7 Å². The van der Waals surface area contributed by atoms with Gasteiger partial charge >= 0.3 is 0 Å². The summed E-state index contributed by atoms with van der Waals surface area (Å²) in [5.41, 5.74) is 0.202. The van der Waals surface area contributed by atoms with Crippen LogP contribution in [-0.2, 0) is 21.3 Å². The summed E-state index contributed by atoms with van der Waals surface area (Å²) < 4.78 is 47.2. The lowest BCUT2D eigenvalue weighted by Gasteiger charge is -2.23. The topological polar surface area (TPSA) is 90.6 Å². The van der Waals surface area contributed by atoms with Crippen LogP contribution >= 0.6 is 15.9 Å². The maximum absolute atomic E-state index is 14.4. The molecule has 1 heterocycles. The SMILES string of the molecule is CCO/C(O)=C(/C#N)C1c2ccccc2S(=O)(=O)N1Cc1ccc(Br)cc1F. The van der Waals surface area contributed by atoms with Crippen LogP contribution in [0.25, 0.3) is 0 Å². The molecule has 0 bridgehead atoms. The Morgan fingerprint density at radius 1 is 1.36 bits per heavy atom. The Kier molecular flexibility index (Phi) is 5.74. The lowest BCUT2D eigenvalue weighted by molar-refractivity contribution is 0.0952. The minimum Gasteiger partial charge on any atom is -0.480 e. The Labute approximate surface area is 170 Å². The van der Waals surface area contributed by atoms with E-state index in [1.165, 1.54) is 18.2 Å². The third-order valence-corrected chi connectivity index (χ3v) is 6.71. The van der Waals surface area contributed by atoms with Crippen LogP contribution in [0.1, 0.15) is 24.1 Å². The molecule has 0 fully saturated rings. The molecule has 9 heteroatoms. The first-order valence-corrected chi connectivity index (χ1v) is 10.5. The average Bonchev–Trinajstić information content (AvgIpc) is 2.86. The minimum atomic E-state index is -4.02. The van der Waals surface area contributed by atoms with Gasteiger partial charge in [-0.1, -0.05) is 40.2 Å². The fourth-order valence-corrected chi connectivity index (χ4v) is 5.21. The van der Waals surface area contributed by atoms with Crippen LogP contribution in [0.15, 0.2) is 63.4 Å². The first-order valence-electron chi connectivity index (χ1n) is 8.32. The molecule has 2 aromatic rings. The van der Waals surface area contributed by atoms with Crippen LogP contribution in [0.4, 0.5) is 4.39 Å². The Hall–Kier alpha value is -2.41. The van der Waals surface area contributed by atoms with E-state index in [0.29, 0.717) is 10.0 Å². The van der Waals surface area contributed by atoms with Crippen molar-refractivity contribution in [3.8, 4) is 6.07 Å². The number of sulfonamides is 1. The zero-order valence-electron chi connectivity index (χ0n) is 14.8. The van der Waals surface area contributed by atoms with Crippen molar-refractivity contribution in [3.63, 3.8) is 0 Å². The van der Waals surface area contributed by atoms with E-state index in [-0.39, 0.29) is 29.2 Å². The van der Waals surface area contributed by atoms with E-state index in [1.54, 1.807) is 31.2 Å². The predicted molar refractivity (Wildman–Crippen MR) is 103 cm³/mol. The second kappa shape index (κ2) is 7.91. The van der Waals surface area contributed by atoms with E-state index in [2.05, 4.69) is 15.9 Å². The van der Waals surface area contributed by atoms with Gasteiger partial charge in [0.25, 0.3) is 5.95 Å². The van der Waals surface area contributed by atoms with Crippen molar-refractivity contribution in [3.05, 3.63) is 75.4 Å². The molecule has 28 heavy (non-hydrogen) atoms. The van der Waals surface area contributed by atoms with E-state index in [1.807, 2.05) is 6.07 Å². The molecule has 1 atom stereocenters. The first-order chi connectivity index (χ1) is 13.3. The van der Waals surface area contributed by atoms with Gasteiger partial charge in [-0.2, -0.15) is 9.57 Å². The molecule has 1 N–H and O–H groups in total. The van der Waals surface area contributed by atoms with Crippen molar-refractivity contribution in [2.75, 3.05) is 6.61 Å². The van der Waals surface area contributed by atoms with Gasteiger partial charge in [0.1, 0.15) is 17.5 Å². The fraction of sp³-hybridized carbons (Fsp3) is 0.211. The third kappa shape index (κ3) is 3.51. The van der Waals surface area contributed by atoms with Crippen LogP contribution in [0, 0.1) is 17.1 Å². The number of ether oxygens (including phenoxy) is 1. The average molecular weight is 467 g/mol. The summed E-state index contributed by atoms with van der Waals surface area (Å²) in [6.45, 7) is 1.41. The van der Waals surface area contributed by atoms with Gasteiger partial charge in [-0.25, -0.2) is 12.8 Å². The molecule has 1 unspecified atom stereocenters. The summed E-state index contributed by atoms with van der Waals surface area (Å²) in [4.78, 5) is 0.00886. The van der Waals surface area contributed by atoms with Crippen molar-refractivity contribution in [1.82, 2.24) is 4.31 Å². The summed E-state index contributed by atoms with van der Waals surface area (Å²) in [5, 5.41) is 19.8. The van der Waals surface area contributed by atoms with Gasteiger partial charge in [0, 0.05) is 16.6 Å². The van der Waals surface area contributed by atoms with Gasteiger partial charge in [0.2, 0.25) is 10.0 Å². The molecule has 0 aromatic heterocycles. The number of aliphatic hydroxyl groups is 1. The number of nitriles is 1. The zero-order chi connectivity index (χ0) is 20.5. The number of hydrogen-bond acceptors (Lipinski definition) is 5. The monoisotopic (exact) mass is 466 g/mol. The molecule has 146 valence electrons. The van der Waals surface area contributed by atoms with Crippen molar-refractivity contribution in [1.29, 1.82) is 5.26 Å². The maximum Gasteiger partial charge on any atom is 0.293 e. The largest absolute Gasteiger partial charge is 0.480 e. The summed E-state index contributed by atoms with van der Waals surface area (Å²) in [6.07, 6.45) is 0. The quantitative estimate of drug-likeness (QED) is 0.527. The highest BCUT2D eigenvalue weighted by Gasteiger charge is 2.46. The smallest absolute Gasteiger partial charge is 0.293 e. The van der Waals surface area contributed by atoms with Gasteiger partial charge in [0.05, 0.1) is 17.5 Å². The number of rotatable bonds is 5. The highest BCUT2D eigenvalue weighted by Crippen LogP contribution is 2.45. The molecule has 3 rings (SSSR count). The van der Waals surface area contributed by atoms with E-state index in [9.17, 15) is 23.2 Å². The molecule has 1 aliphatic heterocycles. The molecule has 0 aliphatic carbocycles. The van der Waals surface area contributed by atoms with Crippen LogP contribution in [0.5, 0.6) is 0 Å². The predicted octanol–water partition coefficient (Wildman–Crippen LogP) is 4.16. The molecule has 0 amide bonds. The Bertz CT molecular complexity index is 1100. The lowest BCUT2D eigenvalue weighted by atomic mass is 9.99.